The van der Waals surface area contributed by atoms with Gasteiger partial charge in [-0.15, -0.1) is 22.2 Å². The Bertz CT molecular complexity index is 232. The first-order valence-electron chi connectivity index (χ1n) is 4.84. The van der Waals surface area contributed by atoms with Gasteiger partial charge in [0.2, 0.25) is 5.25 Å². The SMILES string of the molecule is COC(Cl)(C[Si](Cl)(OC)[Si][Si](Cl)(OC)OC)OC. The molecule has 0 amide bonds. The van der Waals surface area contributed by atoms with E-state index in [1.54, 1.807) is 0 Å². The molecule has 0 aromatic rings. The molecule has 0 saturated carbocycles. The number of hydrogen-bond donors (Lipinski definition) is 0. The first-order chi connectivity index (χ1) is 8.22. The van der Waals surface area contributed by atoms with E-state index in [4.69, 9.17) is 56.5 Å². The molecular formula is C7H17Cl3O5Si3. The largest absolute Gasteiger partial charge is 0.412 e. The third kappa shape index (κ3) is 5.75. The Morgan fingerprint density at radius 3 is 1.67 bits per heavy atom. The Balaban J connectivity index is 4.91. The Morgan fingerprint density at radius 1 is 0.944 bits per heavy atom. The van der Waals surface area contributed by atoms with Crippen LogP contribution in [0.4, 0.5) is 0 Å². The van der Waals surface area contributed by atoms with E-state index in [0.717, 1.165) is 0 Å². The molecule has 11 heteroatoms. The van der Waals surface area contributed by atoms with Gasteiger partial charge >= 0.3 is 7.39 Å². The van der Waals surface area contributed by atoms with E-state index < -0.39 is 19.8 Å². The Hall–Kier alpha value is 1.32. The van der Waals surface area contributed by atoms with Crippen LogP contribution in [-0.4, -0.2) is 63.9 Å². The van der Waals surface area contributed by atoms with Crippen LogP contribution in [-0.2, 0) is 22.8 Å². The van der Waals surface area contributed by atoms with Crippen LogP contribution in [0.2, 0.25) is 6.04 Å². The highest BCUT2D eigenvalue weighted by Gasteiger charge is 2.52. The number of methoxy groups -OCH3 is 2. The molecular weight excluding hydrogens is 355 g/mol. The van der Waals surface area contributed by atoms with Gasteiger partial charge in [0.15, 0.2) is 8.55 Å². The zero-order valence-corrected chi connectivity index (χ0v) is 16.2. The standard InChI is InChI=1S/C7H17Cl3O5Si3/c1-11-7(8,12-2)6-17(9,13-3)16-18(10,14-4)15-5/h6H2,1-5H3. The van der Waals surface area contributed by atoms with Crippen LogP contribution >= 0.6 is 33.8 Å². The normalized spacial score (nSPS) is 16.7. The third-order valence-corrected chi connectivity index (χ3v) is 23.5. The highest BCUT2D eigenvalue weighted by Crippen LogP contribution is 2.33. The second-order valence-electron chi connectivity index (χ2n) is 3.25. The molecule has 0 heterocycles. The third-order valence-electron chi connectivity index (χ3n) is 2.23. The molecule has 0 aliphatic heterocycles. The molecule has 0 aromatic heterocycles. The van der Waals surface area contributed by atoms with Gasteiger partial charge in [-0.25, -0.2) is 0 Å². The van der Waals surface area contributed by atoms with Gasteiger partial charge in [0.25, 0.3) is 7.14 Å². The molecule has 0 aliphatic rings. The molecule has 0 aromatic carbocycles. The van der Waals surface area contributed by atoms with E-state index in [-0.39, 0.29) is 14.6 Å². The number of rotatable bonds is 9. The molecule has 0 saturated heterocycles. The lowest BCUT2D eigenvalue weighted by Gasteiger charge is -2.33. The molecule has 0 aliphatic carbocycles. The number of ether oxygens (including phenoxy) is 2. The van der Waals surface area contributed by atoms with Crippen LogP contribution in [0.1, 0.15) is 0 Å². The molecule has 108 valence electrons. The van der Waals surface area contributed by atoms with E-state index in [0.29, 0.717) is 0 Å². The van der Waals surface area contributed by atoms with Gasteiger partial charge in [-0.2, -0.15) is 0 Å². The molecule has 0 fully saturated rings. The van der Waals surface area contributed by atoms with Crippen molar-refractivity contribution in [2.45, 2.75) is 11.3 Å². The summed E-state index contributed by atoms with van der Waals surface area (Å²) in [6.45, 7) is 0. The molecule has 1 atom stereocenters. The Morgan fingerprint density at radius 2 is 1.39 bits per heavy atom. The van der Waals surface area contributed by atoms with Crippen molar-refractivity contribution in [3.63, 3.8) is 0 Å². The minimum atomic E-state index is -2.84. The molecule has 0 rings (SSSR count). The fourth-order valence-corrected chi connectivity index (χ4v) is 24.3. The van der Waals surface area contributed by atoms with Crippen molar-refractivity contribution in [3.05, 3.63) is 0 Å². The number of halogens is 3. The lowest BCUT2D eigenvalue weighted by atomic mass is 10.7. The summed E-state index contributed by atoms with van der Waals surface area (Å²) in [5, 5.41) is -1.33. The van der Waals surface area contributed by atoms with Crippen molar-refractivity contribution >= 4 is 56.8 Å². The zero-order valence-electron chi connectivity index (χ0n) is 10.9. The van der Waals surface area contributed by atoms with Crippen molar-refractivity contribution in [1.29, 1.82) is 0 Å². The quantitative estimate of drug-likeness (QED) is 0.267. The van der Waals surface area contributed by atoms with Crippen LogP contribution in [0.25, 0.3) is 0 Å². The summed E-state index contributed by atoms with van der Waals surface area (Å²) in [7, 11) is 1.71. The van der Waals surface area contributed by atoms with E-state index >= 15 is 0 Å². The van der Waals surface area contributed by atoms with Gasteiger partial charge in [-0.3, -0.25) is 0 Å². The van der Waals surface area contributed by atoms with Gasteiger partial charge in [0.1, 0.15) is 0 Å². The lowest BCUT2D eigenvalue weighted by Crippen LogP contribution is -2.58. The summed E-state index contributed by atoms with van der Waals surface area (Å²) in [6, 6.07) is 0.194. The maximum absolute atomic E-state index is 6.48. The summed E-state index contributed by atoms with van der Waals surface area (Å²) in [4.78, 5) is 0. The maximum Gasteiger partial charge on any atom is 0.412 e. The van der Waals surface area contributed by atoms with Crippen molar-refractivity contribution < 1.29 is 22.8 Å². The first-order valence-corrected chi connectivity index (χ1v) is 14.2. The average Bonchev–Trinajstić information content (AvgIpc) is 2.38. The molecule has 18 heavy (non-hydrogen) atoms. The van der Waals surface area contributed by atoms with Crippen molar-refractivity contribution in [2.75, 3.05) is 35.5 Å². The van der Waals surface area contributed by atoms with Gasteiger partial charge in [0.05, 0.1) is 0 Å². The summed E-state index contributed by atoms with van der Waals surface area (Å²) >= 11 is 18.8. The molecule has 0 bridgehead atoms. The smallest absolute Gasteiger partial charge is 0.409 e. The minimum Gasteiger partial charge on any atom is -0.409 e. The Kier molecular flexibility index (Phi) is 8.52. The monoisotopic (exact) mass is 370 g/mol. The summed E-state index contributed by atoms with van der Waals surface area (Å²) in [5.41, 5.74) is 0. The second-order valence-corrected chi connectivity index (χ2v) is 20.8. The fraction of sp³-hybridized carbons (Fsp3) is 1.00. The zero-order chi connectivity index (χ0) is 14.4. The van der Waals surface area contributed by atoms with Gasteiger partial charge < -0.3 is 22.8 Å². The summed E-state index contributed by atoms with van der Waals surface area (Å²) in [6.07, 6.45) is 0. The fourth-order valence-electron chi connectivity index (χ4n) is 1.08. The number of hydrogen-bond acceptors (Lipinski definition) is 5. The van der Waals surface area contributed by atoms with Gasteiger partial charge in [-0.1, -0.05) is 11.6 Å². The van der Waals surface area contributed by atoms with E-state index in [1.807, 2.05) is 0 Å². The van der Waals surface area contributed by atoms with Gasteiger partial charge in [-0.05, 0) is 0 Å². The number of alkyl halides is 1. The highest BCUT2D eigenvalue weighted by molar-refractivity contribution is 7.68. The maximum atomic E-state index is 6.48. The topological polar surface area (TPSA) is 46.2 Å². The molecule has 1 unspecified atom stereocenters. The molecule has 0 spiro atoms. The van der Waals surface area contributed by atoms with Crippen LogP contribution < -0.4 is 0 Å². The van der Waals surface area contributed by atoms with Gasteiger partial charge in [0, 0.05) is 41.6 Å². The van der Waals surface area contributed by atoms with Crippen LogP contribution in [0.5, 0.6) is 0 Å². The second kappa shape index (κ2) is 7.93. The Labute approximate surface area is 126 Å². The molecule has 5 nitrogen and oxygen atoms in total. The first kappa shape index (κ1) is 19.3. The average molecular weight is 372 g/mol. The van der Waals surface area contributed by atoms with Crippen LogP contribution in [0, 0.1) is 0 Å². The van der Waals surface area contributed by atoms with E-state index in [9.17, 15) is 0 Å². The molecule has 2 radical (unpaired) electrons. The van der Waals surface area contributed by atoms with Crippen molar-refractivity contribution in [2.24, 2.45) is 0 Å². The van der Waals surface area contributed by atoms with Crippen molar-refractivity contribution in [3.8, 4) is 0 Å². The highest BCUT2D eigenvalue weighted by atomic mass is 35.6. The van der Waals surface area contributed by atoms with Crippen LogP contribution in [0.15, 0.2) is 0 Å². The predicted octanol–water partition coefficient (Wildman–Crippen LogP) is 1.67. The summed E-state index contributed by atoms with van der Waals surface area (Å²) in [5.74, 6) is 0. The molecule has 0 N–H and O–H groups in total. The predicted molar refractivity (Wildman–Crippen MR) is 77.4 cm³/mol. The van der Waals surface area contributed by atoms with E-state index in [1.165, 1.54) is 35.5 Å². The summed E-state index contributed by atoms with van der Waals surface area (Å²) < 4.78 is 26.0. The van der Waals surface area contributed by atoms with Crippen molar-refractivity contribution in [1.82, 2.24) is 0 Å². The van der Waals surface area contributed by atoms with Crippen LogP contribution in [0.3, 0.4) is 0 Å². The van der Waals surface area contributed by atoms with E-state index in [2.05, 4.69) is 0 Å². The lowest BCUT2D eigenvalue weighted by molar-refractivity contribution is -0.128. The minimum absolute atomic E-state index is 0.00251.